The monoisotopic (exact) mass is 522 g/mol. The van der Waals surface area contributed by atoms with Crippen molar-refractivity contribution >= 4 is 44.9 Å². The van der Waals surface area contributed by atoms with E-state index in [0.29, 0.717) is 11.5 Å². The maximum atomic E-state index is 13.6. The maximum Gasteiger partial charge on any atom is 0.135 e. The average Bonchev–Trinajstić information content (AvgIpc) is 3.40. The molecule has 1 nitrogen and oxygen atoms in total. The summed E-state index contributed by atoms with van der Waals surface area (Å²) in [5.74, 6) is 0.609. The van der Waals surface area contributed by atoms with Crippen molar-refractivity contribution in [2.45, 2.75) is 0 Å². The lowest BCUT2D eigenvalue weighted by molar-refractivity contribution is 0.466. The average molecular weight is 523 g/mol. The lowest BCUT2D eigenvalue weighted by atomic mass is 10.1. The van der Waals surface area contributed by atoms with Gasteiger partial charge in [0.2, 0.25) is 0 Å². The lowest BCUT2D eigenvalue weighted by Crippen LogP contribution is -2.00. The standard InChI is InChI=1S/C32H20F2OS2/c33-26-15-11-21(12-16-26)28-19-25(20-29(35-28)22-13-17-27(34)18-14-22)32-36-30(23-7-3-1-4-8-23)31(37-32)24-9-5-2-6-10-24/h1-20H. The van der Waals surface area contributed by atoms with E-state index >= 15 is 0 Å². The fourth-order valence-electron chi connectivity index (χ4n) is 4.11. The molecule has 0 fully saturated rings. The molecule has 6 rings (SSSR count). The van der Waals surface area contributed by atoms with Crippen molar-refractivity contribution < 1.29 is 13.5 Å². The van der Waals surface area contributed by atoms with Crippen LogP contribution in [0.2, 0.25) is 0 Å². The third-order valence-corrected chi connectivity index (χ3v) is 8.71. The van der Waals surface area contributed by atoms with Gasteiger partial charge in [-0.1, -0.05) is 84.2 Å². The number of benzene rings is 4. The molecular weight excluding hydrogens is 502 g/mol. The largest absolute Gasteiger partial charge is 0.456 e. The number of halogens is 2. The van der Waals surface area contributed by atoms with Crippen LogP contribution in [0.25, 0.3) is 21.3 Å². The summed E-state index contributed by atoms with van der Waals surface area (Å²) < 4.78 is 34.6. The summed E-state index contributed by atoms with van der Waals surface area (Å²) in [6.07, 6.45) is 3.98. The Morgan fingerprint density at radius 3 is 1.27 bits per heavy atom. The second-order valence-corrected chi connectivity index (χ2v) is 10.8. The molecule has 0 spiro atoms. The van der Waals surface area contributed by atoms with Crippen LogP contribution in [-0.4, -0.2) is 0 Å². The Morgan fingerprint density at radius 1 is 0.459 bits per heavy atom. The van der Waals surface area contributed by atoms with Gasteiger partial charge < -0.3 is 4.74 Å². The fourth-order valence-corrected chi connectivity index (χ4v) is 6.80. The van der Waals surface area contributed by atoms with E-state index in [-0.39, 0.29) is 11.6 Å². The zero-order valence-electron chi connectivity index (χ0n) is 19.5. The van der Waals surface area contributed by atoms with Gasteiger partial charge in [-0.2, -0.15) is 0 Å². The number of hydrogen-bond acceptors (Lipinski definition) is 3. The highest BCUT2D eigenvalue weighted by molar-refractivity contribution is 8.34. The van der Waals surface area contributed by atoms with Gasteiger partial charge in [0.1, 0.15) is 23.2 Å². The Morgan fingerprint density at radius 2 is 0.865 bits per heavy atom. The summed E-state index contributed by atoms with van der Waals surface area (Å²) >= 11 is 3.46. The zero-order valence-corrected chi connectivity index (χ0v) is 21.2. The minimum Gasteiger partial charge on any atom is -0.456 e. The van der Waals surface area contributed by atoms with Crippen LogP contribution in [0.4, 0.5) is 8.78 Å². The molecule has 0 saturated carbocycles. The van der Waals surface area contributed by atoms with E-state index in [1.54, 1.807) is 47.8 Å². The summed E-state index contributed by atoms with van der Waals surface area (Å²) in [5.41, 5.74) is 4.83. The van der Waals surface area contributed by atoms with Crippen LogP contribution in [0.1, 0.15) is 22.3 Å². The smallest absolute Gasteiger partial charge is 0.135 e. The van der Waals surface area contributed by atoms with Crippen molar-refractivity contribution in [1.29, 1.82) is 0 Å². The molecule has 4 aromatic rings. The summed E-state index contributed by atoms with van der Waals surface area (Å²) in [4.78, 5) is 2.39. The molecule has 2 aliphatic heterocycles. The molecule has 0 aromatic heterocycles. The van der Waals surface area contributed by atoms with E-state index in [4.69, 9.17) is 4.74 Å². The predicted octanol–water partition coefficient (Wildman–Crippen LogP) is 9.59. The van der Waals surface area contributed by atoms with Crippen LogP contribution in [0.5, 0.6) is 0 Å². The van der Waals surface area contributed by atoms with Gasteiger partial charge in [-0.15, -0.1) is 0 Å². The summed E-state index contributed by atoms with van der Waals surface area (Å²) in [6, 6.07) is 33.2. The molecule has 0 N–H and O–H groups in total. The van der Waals surface area contributed by atoms with E-state index < -0.39 is 0 Å². The first-order valence-electron chi connectivity index (χ1n) is 11.7. The van der Waals surface area contributed by atoms with Crippen molar-refractivity contribution in [2.75, 3.05) is 0 Å². The minimum absolute atomic E-state index is 0.306. The van der Waals surface area contributed by atoms with Crippen LogP contribution in [-0.2, 0) is 4.74 Å². The molecule has 0 saturated heterocycles. The Kier molecular flexibility index (Phi) is 6.56. The summed E-state index contributed by atoms with van der Waals surface area (Å²) in [6.45, 7) is 0. The number of thioether (sulfide) groups is 2. The molecule has 2 heterocycles. The topological polar surface area (TPSA) is 9.23 Å². The van der Waals surface area contributed by atoms with Gasteiger partial charge in [-0.3, -0.25) is 0 Å². The van der Waals surface area contributed by atoms with Gasteiger partial charge in [-0.25, -0.2) is 8.78 Å². The van der Waals surface area contributed by atoms with Crippen molar-refractivity contribution in [2.24, 2.45) is 0 Å². The van der Waals surface area contributed by atoms with Gasteiger partial charge in [0.05, 0.1) is 4.24 Å². The van der Waals surface area contributed by atoms with Gasteiger partial charge >= 0.3 is 0 Å². The minimum atomic E-state index is -0.306. The van der Waals surface area contributed by atoms with E-state index in [2.05, 4.69) is 48.5 Å². The Hall–Kier alpha value is -3.80. The van der Waals surface area contributed by atoms with Crippen molar-refractivity contribution in [3.63, 3.8) is 0 Å². The van der Waals surface area contributed by atoms with E-state index in [1.165, 1.54) is 34.1 Å². The summed E-state index contributed by atoms with van der Waals surface area (Å²) in [7, 11) is 0. The first kappa shape index (κ1) is 23.6. The first-order valence-corrected chi connectivity index (χ1v) is 13.4. The highest BCUT2D eigenvalue weighted by Gasteiger charge is 2.27. The third kappa shape index (κ3) is 5.06. The second-order valence-electron chi connectivity index (χ2n) is 8.47. The molecule has 37 heavy (non-hydrogen) atoms. The maximum absolute atomic E-state index is 13.6. The Bertz CT molecular complexity index is 1450. The van der Waals surface area contributed by atoms with Gasteiger partial charge in [-0.05, 0) is 71.8 Å². The molecule has 0 bridgehead atoms. The van der Waals surface area contributed by atoms with Crippen LogP contribution in [0, 0.1) is 11.6 Å². The number of rotatable bonds is 4. The van der Waals surface area contributed by atoms with Crippen molar-refractivity contribution in [3.8, 4) is 0 Å². The van der Waals surface area contributed by atoms with Gasteiger partial charge in [0.25, 0.3) is 0 Å². The van der Waals surface area contributed by atoms with Crippen molar-refractivity contribution in [3.05, 3.63) is 165 Å². The van der Waals surface area contributed by atoms with E-state index in [0.717, 1.165) is 32.1 Å². The molecule has 0 unspecified atom stereocenters. The molecule has 2 aliphatic rings. The highest BCUT2D eigenvalue weighted by atomic mass is 32.2. The lowest BCUT2D eigenvalue weighted by Gasteiger charge is -2.20. The molecule has 0 amide bonds. The molecule has 180 valence electrons. The SMILES string of the molecule is Fc1ccc(C2=CC(=C3SC(c4ccccc4)=C(c4ccccc4)S3)C=C(c3ccc(F)cc3)O2)cc1. The van der Waals surface area contributed by atoms with Crippen LogP contribution < -0.4 is 0 Å². The molecule has 5 heteroatoms. The number of ether oxygens (including phenoxy) is 1. The molecular formula is C32H20F2OS2. The van der Waals surface area contributed by atoms with Crippen LogP contribution in [0.3, 0.4) is 0 Å². The zero-order chi connectivity index (χ0) is 25.2. The number of hydrogen-bond donors (Lipinski definition) is 0. The Labute approximate surface area is 222 Å². The molecule has 0 aliphatic carbocycles. The van der Waals surface area contributed by atoms with Gasteiger partial charge in [0.15, 0.2) is 0 Å². The van der Waals surface area contributed by atoms with E-state index in [9.17, 15) is 8.78 Å². The Balaban J connectivity index is 1.47. The van der Waals surface area contributed by atoms with Crippen molar-refractivity contribution in [1.82, 2.24) is 0 Å². The normalized spacial score (nSPS) is 15.4. The highest BCUT2D eigenvalue weighted by Crippen LogP contribution is 2.59. The van der Waals surface area contributed by atoms with Crippen LogP contribution in [0.15, 0.2) is 131 Å². The molecule has 0 radical (unpaired) electrons. The quantitative estimate of drug-likeness (QED) is 0.264. The summed E-state index contributed by atoms with van der Waals surface area (Å²) in [5, 5.41) is 0. The van der Waals surface area contributed by atoms with Crippen LogP contribution >= 0.6 is 23.5 Å². The second kappa shape index (κ2) is 10.3. The number of allylic oxidation sites excluding steroid dienone is 3. The van der Waals surface area contributed by atoms with E-state index in [1.807, 2.05) is 24.3 Å². The predicted molar refractivity (Wildman–Crippen MR) is 152 cm³/mol. The fraction of sp³-hybridized carbons (Fsp3) is 0. The molecule has 0 atom stereocenters. The van der Waals surface area contributed by atoms with Gasteiger partial charge in [0, 0.05) is 26.5 Å². The molecule has 4 aromatic carbocycles. The third-order valence-electron chi connectivity index (χ3n) is 5.95. The first-order chi connectivity index (χ1) is 18.1.